The number of allylic oxidation sites excluding steroid dienone is 2. The van der Waals surface area contributed by atoms with Crippen LogP contribution in [-0.2, 0) is 9.53 Å². The van der Waals surface area contributed by atoms with Gasteiger partial charge in [0.1, 0.15) is 6.04 Å². The van der Waals surface area contributed by atoms with Crippen LogP contribution in [0.1, 0.15) is 123 Å². The summed E-state index contributed by atoms with van der Waals surface area (Å²) in [5.41, 5.74) is 10.7. The summed E-state index contributed by atoms with van der Waals surface area (Å²) in [7, 11) is 0. The Balaban J connectivity index is 3.69. The summed E-state index contributed by atoms with van der Waals surface area (Å²) in [6, 6.07) is -0.270. The summed E-state index contributed by atoms with van der Waals surface area (Å²) in [5, 5.41) is 3.37. The lowest BCUT2D eigenvalue weighted by Crippen LogP contribution is -2.39. The molecule has 0 saturated carbocycles. The minimum Gasteiger partial charge on any atom is -0.465 e. The van der Waals surface area contributed by atoms with Gasteiger partial charge in [-0.1, -0.05) is 83.8 Å². The smallest absolute Gasteiger partial charge is 0.323 e. The molecule has 33 heavy (non-hydrogen) atoms. The molecule has 0 aromatic carbocycles. The first kappa shape index (κ1) is 31.4. The van der Waals surface area contributed by atoms with Crippen LogP contribution in [0.2, 0.25) is 0 Å². The van der Waals surface area contributed by atoms with E-state index >= 15 is 0 Å². The number of guanidine groups is 1. The number of carbonyl (C=O) groups is 1. The van der Waals surface area contributed by atoms with Crippen molar-refractivity contribution in [1.82, 2.24) is 5.32 Å². The number of aliphatic imine (C=N–C) groups is 1. The van der Waals surface area contributed by atoms with Gasteiger partial charge in [-0.2, -0.15) is 0 Å². The van der Waals surface area contributed by atoms with Crippen molar-refractivity contribution in [3.8, 4) is 0 Å². The predicted molar refractivity (Wildman–Crippen MR) is 142 cm³/mol. The molecule has 0 aromatic rings. The minimum atomic E-state index is -0.270. The van der Waals surface area contributed by atoms with Gasteiger partial charge in [-0.05, 0) is 57.9 Å². The predicted octanol–water partition coefficient (Wildman–Crippen LogP) is 5.99. The van der Waals surface area contributed by atoms with E-state index in [1.54, 1.807) is 0 Å². The van der Waals surface area contributed by atoms with Crippen molar-refractivity contribution in [3.63, 3.8) is 0 Å². The Morgan fingerprint density at radius 2 is 1.39 bits per heavy atom. The number of esters is 1. The molecule has 1 atom stereocenters. The van der Waals surface area contributed by atoms with Crippen LogP contribution in [0, 0.1) is 0 Å². The lowest BCUT2D eigenvalue weighted by atomic mass is 10.1. The minimum absolute atomic E-state index is 0.0947. The van der Waals surface area contributed by atoms with E-state index in [9.17, 15) is 4.79 Å². The van der Waals surface area contributed by atoms with Gasteiger partial charge >= 0.3 is 5.97 Å². The fourth-order valence-electron chi connectivity index (χ4n) is 3.76. The van der Waals surface area contributed by atoms with Gasteiger partial charge in [-0.25, -0.2) is 0 Å². The summed E-state index contributed by atoms with van der Waals surface area (Å²) in [5.74, 6) is -0.0663. The molecule has 0 spiro atoms. The van der Waals surface area contributed by atoms with Crippen molar-refractivity contribution >= 4 is 11.9 Å². The van der Waals surface area contributed by atoms with Gasteiger partial charge in [-0.15, -0.1) is 0 Å². The zero-order valence-corrected chi connectivity index (χ0v) is 21.8. The summed E-state index contributed by atoms with van der Waals surface area (Å²) in [6.07, 6.45) is 25.2. The fourth-order valence-corrected chi connectivity index (χ4v) is 3.76. The average molecular weight is 467 g/mol. The third-order valence-corrected chi connectivity index (χ3v) is 5.76. The second kappa shape index (κ2) is 25.1. The third kappa shape index (κ3) is 23.4. The molecular weight excluding hydrogens is 412 g/mol. The van der Waals surface area contributed by atoms with Crippen molar-refractivity contribution in [2.75, 3.05) is 19.7 Å². The molecule has 0 saturated heterocycles. The van der Waals surface area contributed by atoms with Gasteiger partial charge in [0, 0.05) is 6.54 Å². The fraction of sp³-hybridized carbons (Fsp3) is 0.852. The van der Waals surface area contributed by atoms with Crippen molar-refractivity contribution < 1.29 is 9.53 Å². The molecule has 0 aliphatic heterocycles. The standard InChI is InChI=1S/C27H54N4O2/c1-3-5-6-7-8-9-10-11-12-13-14-15-16-17-18-19-22-30-25(26(32)33-24-4-2)21-20-23-31-27(28)29/h11-12,25,30H,3-10,13-24H2,1-2H3,(H4,28,29,31)/b12-11-/t25-/m0/s1. The van der Waals surface area contributed by atoms with Gasteiger partial charge in [0.25, 0.3) is 0 Å². The Morgan fingerprint density at radius 1 is 0.818 bits per heavy atom. The van der Waals surface area contributed by atoms with Crippen LogP contribution in [0.25, 0.3) is 0 Å². The van der Waals surface area contributed by atoms with Crippen LogP contribution in [0.5, 0.6) is 0 Å². The highest BCUT2D eigenvalue weighted by Gasteiger charge is 2.18. The maximum atomic E-state index is 12.3. The second-order valence-corrected chi connectivity index (χ2v) is 9.06. The molecule has 0 unspecified atom stereocenters. The van der Waals surface area contributed by atoms with Crippen LogP contribution in [0.15, 0.2) is 17.1 Å². The van der Waals surface area contributed by atoms with Crippen molar-refractivity contribution in [2.45, 2.75) is 129 Å². The molecule has 0 aromatic heterocycles. The van der Waals surface area contributed by atoms with Gasteiger partial charge in [0.05, 0.1) is 6.61 Å². The third-order valence-electron chi connectivity index (χ3n) is 5.76. The topological polar surface area (TPSA) is 103 Å². The molecule has 0 aliphatic rings. The molecule has 0 amide bonds. The monoisotopic (exact) mass is 466 g/mol. The first-order chi connectivity index (χ1) is 16.1. The van der Waals surface area contributed by atoms with Crippen molar-refractivity contribution in [2.24, 2.45) is 16.5 Å². The zero-order chi connectivity index (χ0) is 24.4. The Morgan fingerprint density at radius 3 is 1.97 bits per heavy atom. The first-order valence-electron chi connectivity index (χ1n) is 13.7. The maximum Gasteiger partial charge on any atom is 0.323 e. The zero-order valence-electron chi connectivity index (χ0n) is 21.8. The molecule has 0 rings (SSSR count). The number of ether oxygens (including phenoxy) is 1. The number of nitrogens with one attached hydrogen (secondary N) is 1. The highest BCUT2D eigenvalue weighted by Crippen LogP contribution is 2.10. The van der Waals surface area contributed by atoms with Crippen LogP contribution in [-0.4, -0.2) is 37.7 Å². The average Bonchev–Trinajstić information content (AvgIpc) is 2.80. The molecule has 0 fully saturated rings. The molecule has 6 nitrogen and oxygen atoms in total. The summed E-state index contributed by atoms with van der Waals surface area (Å²) in [6.45, 7) is 6.12. The Kier molecular flexibility index (Phi) is 23.9. The van der Waals surface area contributed by atoms with Crippen molar-refractivity contribution in [3.05, 3.63) is 12.2 Å². The van der Waals surface area contributed by atoms with E-state index in [0.29, 0.717) is 19.6 Å². The second-order valence-electron chi connectivity index (χ2n) is 9.06. The first-order valence-corrected chi connectivity index (χ1v) is 13.7. The molecule has 0 heterocycles. The van der Waals surface area contributed by atoms with E-state index in [4.69, 9.17) is 16.2 Å². The largest absolute Gasteiger partial charge is 0.465 e. The number of hydrogen-bond acceptors (Lipinski definition) is 4. The number of carbonyl (C=O) groups excluding carboxylic acids is 1. The lowest BCUT2D eigenvalue weighted by molar-refractivity contribution is -0.146. The highest BCUT2D eigenvalue weighted by atomic mass is 16.5. The van der Waals surface area contributed by atoms with Crippen LogP contribution < -0.4 is 16.8 Å². The van der Waals surface area contributed by atoms with Crippen LogP contribution in [0.3, 0.4) is 0 Å². The van der Waals surface area contributed by atoms with Gasteiger partial charge in [-0.3, -0.25) is 9.79 Å². The molecular formula is C27H54N4O2. The molecule has 0 aliphatic carbocycles. The number of hydrogen-bond donors (Lipinski definition) is 3. The van der Waals surface area contributed by atoms with E-state index < -0.39 is 0 Å². The Hall–Kier alpha value is -1.56. The maximum absolute atomic E-state index is 12.3. The molecule has 194 valence electrons. The van der Waals surface area contributed by atoms with Gasteiger partial charge < -0.3 is 21.5 Å². The SMILES string of the molecule is CCCCCCCC/C=C\CCCCCCCCN[C@@H](CCCN=C(N)N)C(=O)OCCC. The van der Waals surface area contributed by atoms with E-state index in [0.717, 1.165) is 25.8 Å². The number of nitrogens with zero attached hydrogens (tertiary/aromatic N) is 1. The molecule has 0 radical (unpaired) electrons. The van der Waals surface area contributed by atoms with E-state index in [2.05, 4.69) is 29.4 Å². The Bertz CT molecular complexity index is 491. The number of unbranched alkanes of at least 4 members (excludes halogenated alkanes) is 12. The number of rotatable bonds is 24. The van der Waals surface area contributed by atoms with E-state index in [-0.39, 0.29) is 18.0 Å². The summed E-state index contributed by atoms with van der Waals surface area (Å²) < 4.78 is 5.32. The van der Waals surface area contributed by atoms with Crippen LogP contribution in [0.4, 0.5) is 0 Å². The van der Waals surface area contributed by atoms with Crippen molar-refractivity contribution in [1.29, 1.82) is 0 Å². The van der Waals surface area contributed by atoms with E-state index in [1.807, 2.05) is 6.92 Å². The molecule has 6 heteroatoms. The van der Waals surface area contributed by atoms with Crippen LogP contribution >= 0.6 is 0 Å². The molecule has 0 bridgehead atoms. The molecule has 5 N–H and O–H groups in total. The highest BCUT2D eigenvalue weighted by molar-refractivity contribution is 5.76. The quantitative estimate of drug-likeness (QED) is 0.0533. The normalized spacial score (nSPS) is 12.2. The van der Waals surface area contributed by atoms with Gasteiger partial charge in [0.15, 0.2) is 5.96 Å². The van der Waals surface area contributed by atoms with Gasteiger partial charge in [0.2, 0.25) is 0 Å². The van der Waals surface area contributed by atoms with E-state index in [1.165, 1.54) is 83.5 Å². The lowest BCUT2D eigenvalue weighted by Gasteiger charge is -2.17. The Labute approximate surface area is 204 Å². The summed E-state index contributed by atoms with van der Waals surface area (Å²) >= 11 is 0. The summed E-state index contributed by atoms with van der Waals surface area (Å²) in [4.78, 5) is 16.2. The number of nitrogens with two attached hydrogens (primary N) is 2.